The highest BCUT2D eigenvalue weighted by molar-refractivity contribution is 7.92. The lowest BCUT2D eigenvalue weighted by Crippen LogP contribution is -2.12. The summed E-state index contributed by atoms with van der Waals surface area (Å²) in [5.74, 6) is 0.582. The van der Waals surface area contributed by atoms with Gasteiger partial charge in [0.2, 0.25) is 0 Å². The summed E-state index contributed by atoms with van der Waals surface area (Å²) < 4.78 is 32.5. The first-order valence-electron chi connectivity index (χ1n) is 6.44. The van der Waals surface area contributed by atoms with Crippen molar-refractivity contribution in [3.05, 3.63) is 66.7 Å². The lowest BCUT2D eigenvalue weighted by Gasteiger charge is -2.10. The summed E-state index contributed by atoms with van der Waals surface area (Å²) in [6.45, 7) is 5.84. The lowest BCUT2D eigenvalue weighted by molar-refractivity contribution is 0.363. The fraction of sp³-hybridized carbons (Fsp3) is 0.125. The van der Waals surface area contributed by atoms with Crippen molar-refractivity contribution in [2.24, 2.45) is 0 Å². The number of hydrogen-bond acceptors (Lipinski definition) is 3. The summed E-state index contributed by atoms with van der Waals surface area (Å²) >= 11 is 0. The molecule has 0 bridgehead atoms. The molecule has 0 saturated heterocycles. The van der Waals surface area contributed by atoms with Gasteiger partial charge in [0.05, 0.1) is 10.6 Å². The summed E-state index contributed by atoms with van der Waals surface area (Å²) in [5.41, 5.74) is 1.46. The molecule has 0 aromatic heterocycles. The topological polar surface area (TPSA) is 55.4 Å². The number of sulfonamides is 1. The van der Waals surface area contributed by atoms with E-state index in [-0.39, 0.29) is 4.90 Å². The molecular weight excluding hydrogens is 286 g/mol. The van der Waals surface area contributed by atoms with Gasteiger partial charge < -0.3 is 4.74 Å². The van der Waals surface area contributed by atoms with Gasteiger partial charge in [-0.05, 0) is 31.2 Å². The van der Waals surface area contributed by atoms with Crippen LogP contribution in [0.15, 0.2) is 66.1 Å². The van der Waals surface area contributed by atoms with E-state index in [1.54, 1.807) is 54.6 Å². The van der Waals surface area contributed by atoms with Crippen LogP contribution in [0, 0.1) is 6.92 Å². The van der Waals surface area contributed by atoms with Crippen molar-refractivity contribution < 1.29 is 13.2 Å². The highest BCUT2D eigenvalue weighted by Gasteiger charge is 2.13. The van der Waals surface area contributed by atoms with Crippen LogP contribution in [0.3, 0.4) is 0 Å². The fourth-order valence-electron chi connectivity index (χ4n) is 1.74. The van der Waals surface area contributed by atoms with Crippen molar-refractivity contribution >= 4 is 15.7 Å². The SMILES string of the molecule is C=CCOc1cccc(NS(=O)(=O)c2ccc(C)cc2)c1. The van der Waals surface area contributed by atoms with E-state index in [9.17, 15) is 8.42 Å². The van der Waals surface area contributed by atoms with Gasteiger partial charge in [-0.15, -0.1) is 0 Å². The van der Waals surface area contributed by atoms with E-state index in [0.717, 1.165) is 5.56 Å². The summed E-state index contributed by atoms with van der Waals surface area (Å²) in [4.78, 5) is 0.227. The van der Waals surface area contributed by atoms with E-state index in [1.807, 2.05) is 6.92 Å². The first kappa shape index (κ1) is 15.1. The van der Waals surface area contributed by atoms with Crippen molar-refractivity contribution in [2.45, 2.75) is 11.8 Å². The van der Waals surface area contributed by atoms with E-state index < -0.39 is 10.0 Å². The molecule has 2 aromatic carbocycles. The Morgan fingerprint density at radius 2 is 1.90 bits per heavy atom. The first-order valence-corrected chi connectivity index (χ1v) is 7.93. The van der Waals surface area contributed by atoms with Crippen molar-refractivity contribution in [2.75, 3.05) is 11.3 Å². The Morgan fingerprint density at radius 3 is 2.57 bits per heavy atom. The zero-order chi connectivity index (χ0) is 15.3. The van der Waals surface area contributed by atoms with Crippen molar-refractivity contribution in [3.8, 4) is 5.75 Å². The average Bonchev–Trinajstić information content (AvgIpc) is 2.45. The second-order valence-corrected chi connectivity index (χ2v) is 6.23. The van der Waals surface area contributed by atoms with Gasteiger partial charge in [-0.3, -0.25) is 4.72 Å². The minimum absolute atomic E-state index is 0.227. The Bertz CT molecular complexity index is 721. The summed E-state index contributed by atoms with van der Waals surface area (Å²) in [7, 11) is -3.59. The molecule has 0 atom stereocenters. The predicted octanol–water partition coefficient (Wildman–Crippen LogP) is 3.36. The molecule has 0 spiro atoms. The second-order valence-electron chi connectivity index (χ2n) is 4.55. The molecule has 0 radical (unpaired) electrons. The monoisotopic (exact) mass is 303 g/mol. The number of anilines is 1. The van der Waals surface area contributed by atoms with Crippen LogP contribution in [-0.2, 0) is 10.0 Å². The number of aryl methyl sites for hydroxylation is 1. The lowest BCUT2D eigenvalue weighted by atomic mass is 10.2. The Morgan fingerprint density at radius 1 is 1.19 bits per heavy atom. The number of benzene rings is 2. The number of hydrogen-bond donors (Lipinski definition) is 1. The maximum Gasteiger partial charge on any atom is 0.261 e. The van der Waals surface area contributed by atoms with Crippen LogP contribution < -0.4 is 9.46 Å². The summed E-state index contributed by atoms with van der Waals surface area (Å²) in [5, 5.41) is 0. The minimum Gasteiger partial charge on any atom is -0.489 e. The van der Waals surface area contributed by atoms with Gasteiger partial charge in [0.1, 0.15) is 12.4 Å². The third-order valence-corrected chi connectivity index (χ3v) is 4.18. The van der Waals surface area contributed by atoms with Crippen molar-refractivity contribution in [1.29, 1.82) is 0 Å². The molecule has 1 N–H and O–H groups in total. The zero-order valence-corrected chi connectivity index (χ0v) is 12.6. The molecule has 2 aromatic rings. The van der Waals surface area contributed by atoms with E-state index in [1.165, 1.54) is 0 Å². The Kier molecular flexibility index (Phi) is 4.65. The van der Waals surface area contributed by atoms with Gasteiger partial charge in [0, 0.05) is 6.07 Å². The van der Waals surface area contributed by atoms with Crippen molar-refractivity contribution in [3.63, 3.8) is 0 Å². The number of nitrogens with one attached hydrogen (secondary N) is 1. The van der Waals surface area contributed by atoms with Crippen LogP contribution in [0.2, 0.25) is 0 Å². The molecule has 0 heterocycles. The maximum atomic E-state index is 12.3. The molecule has 0 unspecified atom stereocenters. The smallest absolute Gasteiger partial charge is 0.261 e. The summed E-state index contributed by atoms with van der Waals surface area (Å²) in [6.07, 6.45) is 1.63. The van der Waals surface area contributed by atoms with Crippen LogP contribution in [0.4, 0.5) is 5.69 Å². The zero-order valence-electron chi connectivity index (χ0n) is 11.7. The Hall–Kier alpha value is -2.27. The molecule has 0 aliphatic carbocycles. The normalized spacial score (nSPS) is 10.9. The number of rotatable bonds is 6. The van der Waals surface area contributed by atoms with E-state index in [0.29, 0.717) is 18.0 Å². The molecule has 4 nitrogen and oxygen atoms in total. The van der Waals surface area contributed by atoms with Gasteiger partial charge in [-0.25, -0.2) is 8.42 Å². The Balaban J connectivity index is 2.20. The highest BCUT2D eigenvalue weighted by Crippen LogP contribution is 2.21. The van der Waals surface area contributed by atoms with Gasteiger partial charge in [0.15, 0.2) is 0 Å². The molecule has 110 valence electrons. The van der Waals surface area contributed by atoms with Crippen LogP contribution in [-0.4, -0.2) is 15.0 Å². The molecule has 0 aliphatic rings. The quantitative estimate of drug-likeness (QED) is 0.833. The highest BCUT2D eigenvalue weighted by atomic mass is 32.2. The number of ether oxygens (including phenoxy) is 1. The van der Waals surface area contributed by atoms with Gasteiger partial charge in [-0.2, -0.15) is 0 Å². The molecule has 0 aliphatic heterocycles. The first-order chi connectivity index (χ1) is 10.0. The standard InChI is InChI=1S/C16H17NO3S/c1-3-11-20-15-6-4-5-14(12-15)17-21(18,19)16-9-7-13(2)8-10-16/h3-10,12,17H,1,11H2,2H3. The second kappa shape index (κ2) is 6.45. The van der Waals surface area contributed by atoms with E-state index >= 15 is 0 Å². The fourth-order valence-corrected chi connectivity index (χ4v) is 2.79. The van der Waals surface area contributed by atoms with E-state index in [2.05, 4.69) is 11.3 Å². The average molecular weight is 303 g/mol. The molecule has 0 amide bonds. The molecule has 2 rings (SSSR count). The Labute approximate surface area is 125 Å². The van der Waals surface area contributed by atoms with Gasteiger partial charge in [0.25, 0.3) is 10.0 Å². The molecule has 0 fully saturated rings. The van der Waals surface area contributed by atoms with Crippen molar-refractivity contribution in [1.82, 2.24) is 0 Å². The van der Waals surface area contributed by atoms with Crippen LogP contribution in [0.5, 0.6) is 5.75 Å². The summed E-state index contributed by atoms with van der Waals surface area (Å²) in [6, 6.07) is 13.5. The van der Waals surface area contributed by atoms with Gasteiger partial charge in [-0.1, -0.05) is 36.4 Å². The molecule has 5 heteroatoms. The maximum absolute atomic E-state index is 12.3. The molecular formula is C16H17NO3S. The molecule has 0 saturated carbocycles. The minimum atomic E-state index is -3.59. The van der Waals surface area contributed by atoms with Gasteiger partial charge >= 0.3 is 0 Å². The van der Waals surface area contributed by atoms with Crippen LogP contribution in [0.25, 0.3) is 0 Å². The third kappa shape index (κ3) is 4.10. The van der Waals surface area contributed by atoms with Crippen LogP contribution >= 0.6 is 0 Å². The largest absolute Gasteiger partial charge is 0.489 e. The third-order valence-electron chi connectivity index (χ3n) is 2.79. The molecule has 21 heavy (non-hydrogen) atoms. The predicted molar refractivity (Wildman–Crippen MR) is 84.1 cm³/mol. The van der Waals surface area contributed by atoms with E-state index in [4.69, 9.17) is 4.74 Å². The van der Waals surface area contributed by atoms with Crippen LogP contribution in [0.1, 0.15) is 5.56 Å².